The minimum atomic E-state index is -1.07. The Labute approximate surface area is 142 Å². The van der Waals surface area contributed by atoms with Crippen molar-refractivity contribution >= 4 is 11.7 Å². The van der Waals surface area contributed by atoms with Crippen LogP contribution in [-0.4, -0.2) is 40.9 Å². The van der Waals surface area contributed by atoms with Gasteiger partial charge in [0.05, 0.1) is 17.8 Å². The number of hydrogen-bond donors (Lipinski definition) is 2. The summed E-state index contributed by atoms with van der Waals surface area (Å²) >= 11 is 0. The van der Waals surface area contributed by atoms with Crippen molar-refractivity contribution in [3.05, 3.63) is 65.3 Å². The van der Waals surface area contributed by atoms with E-state index in [1.54, 1.807) is 12.1 Å². The average molecular weight is 346 g/mol. The second-order valence-electron chi connectivity index (χ2n) is 5.27. The van der Waals surface area contributed by atoms with Crippen LogP contribution >= 0.6 is 0 Å². The Kier molecular flexibility index (Phi) is 4.80. The molecule has 1 aromatic heterocycles. The molecule has 0 amide bonds. The molecule has 8 heteroatoms. The van der Waals surface area contributed by atoms with Crippen LogP contribution in [0.1, 0.15) is 10.4 Å². The highest BCUT2D eigenvalue weighted by Crippen LogP contribution is 2.26. The SMILES string of the molecule is O=C(O)c1ccc(OCC2=C(CO)ON(c3ccc(F)cc3)C2)nc1. The van der Waals surface area contributed by atoms with Gasteiger partial charge in [-0.2, -0.15) is 0 Å². The number of aliphatic hydroxyl groups is 1. The number of carbonyl (C=O) groups is 1. The van der Waals surface area contributed by atoms with E-state index in [9.17, 15) is 14.3 Å². The molecule has 0 unspecified atom stereocenters. The number of aromatic carboxylic acids is 1. The molecular weight excluding hydrogens is 331 g/mol. The van der Waals surface area contributed by atoms with E-state index >= 15 is 0 Å². The molecule has 0 radical (unpaired) electrons. The summed E-state index contributed by atoms with van der Waals surface area (Å²) in [5.41, 5.74) is 1.41. The molecule has 0 bridgehead atoms. The highest BCUT2D eigenvalue weighted by molar-refractivity contribution is 5.87. The van der Waals surface area contributed by atoms with Crippen molar-refractivity contribution in [1.82, 2.24) is 4.98 Å². The Morgan fingerprint density at radius 3 is 2.64 bits per heavy atom. The molecule has 1 aliphatic rings. The zero-order valence-electron chi connectivity index (χ0n) is 13.1. The Morgan fingerprint density at radius 2 is 2.04 bits per heavy atom. The number of rotatable bonds is 6. The van der Waals surface area contributed by atoms with E-state index in [-0.39, 0.29) is 30.5 Å². The van der Waals surface area contributed by atoms with Crippen molar-refractivity contribution < 1.29 is 29.0 Å². The fraction of sp³-hybridized carbons (Fsp3) is 0.176. The summed E-state index contributed by atoms with van der Waals surface area (Å²) in [4.78, 5) is 20.3. The Balaban J connectivity index is 1.64. The molecule has 0 saturated heterocycles. The van der Waals surface area contributed by atoms with E-state index in [0.717, 1.165) is 0 Å². The van der Waals surface area contributed by atoms with E-state index < -0.39 is 5.97 Å². The van der Waals surface area contributed by atoms with Gasteiger partial charge in [-0.15, -0.1) is 0 Å². The summed E-state index contributed by atoms with van der Waals surface area (Å²) in [6.07, 6.45) is 1.20. The lowest BCUT2D eigenvalue weighted by Gasteiger charge is -2.17. The van der Waals surface area contributed by atoms with Crippen LogP contribution in [-0.2, 0) is 4.84 Å². The van der Waals surface area contributed by atoms with Crippen LogP contribution in [0, 0.1) is 5.82 Å². The maximum Gasteiger partial charge on any atom is 0.337 e. The van der Waals surface area contributed by atoms with Crippen LogP contribution in [0.15, 0.2) is 53.9 Å². The largest absolute Gasteiger partial charge is 0.478 e. The molecule has 25 heavy (non-hydrogen) atoms. The van der Waals surface area contributed by atoms with E-state index in [1.165, 1.54) is 35.5 Å². The smallest absolute Gasteiger partial charge is 0.337 e. The standard InChI is InChI=1S/C17H15FN2O5/c18-13-2-4-14(5-3-13)20-8-12(15(9-21)25-20)10-24-16-6-1-11(7-19-16)17(22)23/h1-7,21H,8-10H2,(H,22,23). The molecule has 3 rings (SSSR count). The fourth-order valence-corrected chi connectivity index (χ4v) is 2.26. The number of carboxylic acid groups (broad SMARTS) is 1. The molecule has 1 aliphatic heterocycles. The first-order valence-electron chi connectivity index (χ1n) is 7.42. The second kappa shape index (κ2) is 7.18. The maximum atomic E-state index is 13.0. The topological polar surface area (TPSA) is 92.1 Å². The van der Waals surface area contributed by atoms with Crippen LogP contribution < -0.4 is 9.80 Å². The van der Waals surface area contributed by atoms with E-state index in [4.69, 9.17) is 14.7 Å². The fourth-order valence-electron chi connectivity index (χ4n) is 2.26. The lowest BCUT2D eigenvalue weighted by molar-refractivity contribution is 0.0696. The molecule has 2 N–H and O–H groups in total. The molecule has 1 aromatic carbocycles. The van der Waals surface area contributed by atoms with Gasteiger partial charge in [0, 0.05) is 17.8 Å². The number of pyridine rings is 1. The summed E-state index contributed by atoms with van der Waals surface area (Å²) < 4.78 is 18.5. The summed E-state index contributed by atoms with van der Waals surface area (Å²) in [5, 5.41) is 19.8. The van der Waals surface area contributed by atoms with Gasteiger partial charge in [-0.1, -0.05) is 0 Å². The third-order valence-corrected chi connectivity index (χ3v) is 3.58. The number of hydroxylamine groups is 1. The number of ether oxygens (including phenoxy) is 1. The highest BCUT2D eigenvalue weighted by Gasteiger charge is 2.24. The van der Waals surface area contributed by atoms with Gasteiger partial charge in [0.1, 0.15) is 19.0 Å². The van der Waals surface area contributed by atoms with Crippen molar-refractivity contribution in [2.75, 3.05) is 24.8 Å². The predicted molar refractivity (Wildman–Crippen MR) is 85.6 cm³/mol. The molecule has 7 nitrogen and oxygen atoms in total. The number of hydrogen-bond acceptors (Lipinski definition) is 6. The summed E-state index contributed by atoms with van der Waals surface area (Å²) in [6.45, 7) is 0.156. The minimum absolute atomic E-state index is 0.0642. The number of nitrogens with zero attached hydrogens (tertiary/aromatic N) is 2. The predicted octanol–water partition coefficient (Wildman–Crippen LogP) is 2.00. The zero-order valence-corrected chi connectivity index (χ0v) is 13.1. The van der Waals surface area contributed by atoms with Gasteiger partial charge in [0.2, 0.25) is 5.88 Å². The lowest BCUT2D eigenvalue weighted by atomic mass is 10.2. The van der Waals surface area contributed by atoms with Gasteiger partial charge in [-0.05, 0) is 30.3 Å². The summed E-state index contributed by atoms with van der Waals surface area (Å²) in [6, 6.07) is 8.62. The molecule has 0 aliphatic carbocycles. The van der Waals surface area contributed by atoms with E-state index in [0.29, 0.717) is 23.6 Å². The van der Waals surface area contributed by atoms with Crippen molar-refractivity contribution in [3.63, 3.8) is 0 Å². The number of halogens is 1. The summed E-state index contributed by atoms with van der Waals surface area (Å²) in [5.74, 6) is -0.803. The number of benzene rings is 1. The number of carboxylic acids is 1. The normalized spacial score (nSPS) is 13.8. The van der Waals surface area contributed by atoms with Gasteiger partial charge < -0.3 is 19.8 Å². The van der Waals surface area contributed by atoms with Crippen LogP contribution in [0.25, 0.3) is 0 Å². The van der Waals surface area contributed by atoms with Gasteiger partial charge in [0.15, 0.2) is 5.76 Å². The van der Waals surface area contributed by atoms with Gasteiger partial charge in [-0.25, -0.2) is 19.2 Å². The summed E-state index contributed by atoms with van der Waals surface area (Å²) in [7, 11) is 0. The highest BCUT2D eigenvalue weighted by atomic mass is 19.1. The lowest BCUT2D eigenvalue weighted by Crippen LogP contribution is -2.19. The van der Waals surface area contributed by atoms with Crippen LogP contribution in [0.5, 0.6) is 5.88 Å². The van der Waals surface area contributed by atoms with Gasteiger partial charge in [-0.3, -0.25) is 0 Å². The second-order valence-corrected chi connectivity index (χ2v) is 5.27. The molecule has 130 valence electrons. The van der Waals surface area contributed by atoms with E-state index in [2.05, 4.69) is 4.98 Å². The molecule has 0 fully saturated rings. The Hall–Kier alpha value is -3.13. The maximum absolute atomic E-state index is 13.0. The first-order valence-corrected chi connectivity index (χ1v) is 7.42. The van der Waals surface area contributed by atoms with Crippen molar-refractivity contribution in [2.45, 2.75) is 0 Å². The first-order chi connectivity index (χ1) is 12.1. The average Bonchev–Trinajstić information content (AvgIpc) is 3.04. The third kappa shape index (κ3) is 3.86. The zero-order chi connectivity index (χ0) is 17.8. The van der Waals surface area contributed by atoms with Gasteiger partial charge in [0.25, 0.3) is 0 Å². The quantitative estimate of drug-likeness (QED) is 0.826. The first kappa shape index (κ1) is 16.7. The van der Waals surface area contributed by atoms with Crippen molar-refractivity contribution in [3.8, 4) is 5.88 Å². The molecular formula is C17H15FN2O5. The number of anilines is 1. The van der Waals surface area contributed by atoms with Crippen molar-refractivity contribution in [1.29, 1.82) is 0 Å². The van der Waals surface area contributed by atoms with Crippen LogP contribution in [0.2, 0.25) is 0 Å². The molecule has 2 heterocycles. The molecule has 2 aromatic rings. The molecule has 0 spiro atoms. The van der Waals surface area contributed by atoms with Crippen molar-refractivity contribution in [2.24, 2.45) is 0 Å². The molecule has 0 saturated carbocycles. The van der Waals surface area contributed by atoms with Crippen LogP contribution in [0.4, 0.5) is 10.1 Å². The number of aromatic nitrogens is 1. The van der Waals surface area contributed by atoms with Gasteiger partial charge >= 0.3 is 5.97 Å². The van der Waals surface area contributed by atoms with E-state index in [1.807, 2.05) is 0 Å². The third-order valence-electron chi connectivity index (χ3n) is 3.58. The Morgan fingerprint density at radius 1 is 1.28 bits per heavy atom. The van der Waals surface area contributed by atoms with Crippen LogP contribution in [0.3, 0.4) is 0 Å². The molecule has 0 atom stereocenters. The Bertz CT molecular complexity index is 790. The number of aliphatic hydroxyl groups excluding tert-OH is 1. The minimum Gasteiger partial charge on any atom is -0.478 e. The monoisotopic (exact) mass is 346 g/mol.